The molecule has 11 heteroatoms. The summed E-state index contributed by atoms with van der Waals surface area (Å²) in [7, 11) is 1.71. The standard InChI is InChI=1S/C22H26FN7O3/c1-24-19-10-18(28-20-14(11-25-30(19)20)21(32)27-17-9-15(17)23)26-16-3-2-8-29(22(16)33)12-4-6-13(31)7-5-12/h2-3,8,10-13,15,17,24,31H,4-7,9H2,1H3,(H,26,28)(H,27,32)/t12?,13?,15-,17+/m0/s1. The Morgan fingerprint density at radius 2 is 2.03 bits per heavy atom. The second kappa shape index (κ2) is 8.47. The molecule has 2 atom stereocenters. The summed E-state index contributed by atoms with van der Waals surface area (Å²) in [6, 6.07) is 4.74. The van der Waals surface area contributed by atoms with Crippen molar-refractivity contribution >= 4 is 28.9 Å². The first kappa shape index (κ1) is 21.4. The van der Waals surface area contributed by atoms with Crippen LogP contribution in [0.15, 0.2) is 35.4 Å². The highest BCUT2D eigenvalue weighted by atomic mass is 19.1. The van der Waals surface area contributed by atoms with E-state index < -0.39 is 18.1 Å². The van der Waals surface area contributed by atoms with Crippen molar-refractivity contribution in [3.63, 3.8) is 0 Å². The first-order chi connectivity index (χ1) is 15.9. The van der Waals surface area contributed by atoms with Gasteiger partial charge in [-0.25, -0.2) is 9.37 Å². The van der Waals surface area contributed by atoms with E-state index in [0.717, 1.165) is 12.8 Å². The van der Waals surface area contributed by atoms with Crippen LogP contribution in [0.25, 0.3) is 5.65 Å². The van der Waals surface area contributed by atoms with Gasteiger partial charge in [-0.3, -0.25) is 9.59 Å². The highest BCUT2D eigenvalue weighted by Crippen LogP contribution is 2.28. The number of rotatable bonds is 6. The van der Waals surface area contributed by atoms with Gasteiger partial charge in [-0.2, -0.15) is 9.61 Å². The lowest BCUT2D eigenvalue weighted by Gasteiger charge is -2.27. The Morgan fingerprint density at radius 1 is 1.27 bits per heavy atom. The minimum absolute atomic E-state index is 0.0397. The predicted molar refractivity (Wildman–Crippen MR) is 121 cm³/mol. The molecule has 0 aliphatic heterocycles. The monoisotopic (exact) mass is 455 g/mol. The van der Waals surface area contributed by atoms with E-state index in [2.05, 4.69) is 26.0 Å². The summed E-state index contributed by atoms with van der Waals surface area (Å²) in [5.41, 5.74) is 0.683. The summed E-state index contributed by atoms with van der Waals surface area (Å²) < 4.78 is 16.4. The van der Waals surface area contributed by atoms with Gasteiger partial charge < -0.3 is 25.6 Å². The molecule has 0 unspecified atom stereocenters. The Hall–Kier alpha value is -3.47. The molecule has 2 aliphatic carbocycles. The van der Waals surface area contributed by atoms with Crippen LogP contribution in [0.4, 0.5) is 21.7 Å². The third-order valence-electron chi connectivity index (χ3n) is 6.30. The zero-order valence-corrected chi connectivity index (χ0v) is 18.2. The van der Waals surface area contributed by atoms with E-state index >= 15 is 0 Å². The van der Waals surface area contributed by atoms with E-state index in [1.807, 2.05) is 0 Å². The fourth-order valence-electron chi connectivity index (χ4n) is 4.29. The maximum atomic E-state index is 13.2. The average molecular weight is 455 g/mol. The molecule has 3 aromatic rings. The zero-order chi connectivity index (χ0) is 23.1. The molecular weight excluding hydrogens is 429 g/mol. The molecule has 174 valence electrons. The number of carbonyl (C=O) groups is 1. The minimum atomic E-state index is -1.01. The van der Waals surface area contributed by atoms with Crippen molar-refractivity contribution in [2.75, 3.05) is 17.7 Å². The summed E-state index contributed by atoms with van der Waals surface area (Å²) in [4.78, 5) is 30.2. The fraction of sp³-hybridized carbons (Fsp3) is 0.455. The highest BCUT2D eigenvalue weighted by Gasteiger charge is 2.39. The molecule has 0 radical (unpaired) electrons. The number of nitrogens with one attached hydrogen (secondary N) is 3. The van der Waals surface area contributed by atoms with E-state index in [0.29, 0.717) is 36.6 Å². The third kappa shape index (κ3) is 4.15. The van der Waals surface area contributed by atoms with Crippen LogP contribution < -0.4 is 21.5 Å². The normalized spacial score (nSPS) is 24.5. The van der Waals surface area contributed by atoms with Crippen LogP contribution >= 0.6 is 0 Å². The molecule has 33 heavy (non-hydrogen) atoms. The molecule has 0 spiro atoms. The van der Waals surface area contributed by atoms with Gasteiger partial charge in [0.2, 0.25) is 0 Å². The molecule has 3 heterocycles. The van der Waals surface area contributed by atoms with E-state index in [1.54, 1.807) is 36.0 Å². The zero-order valence-electron chi connectivity index (χ0n) is 18.2. The second-order valence-electron chi connectivity index (χ2n) is 8.62. The Bertz CT molecular complexity index is 1250. The Morgan fingerprint density at radius 3 is 2.73 bits per heavy atom. The molecule has 3 aromatic heterocycles. The highest BCUT2D eigenvalue weighted by molar-refractivity contribution is 6.00. The van der Waals surface area contributed by atoms with E-state index in [1.165, 1.54) is 10.7 Å². The molecule has 2 saturated carbocycles. The molecule has 0 aromatic carbocycles. The van der Waals surface area contributed by atoms with Gasteiger partial charge >= 0.3 is 0 Å². The lowest BCUT2D eigenvalue weighted by molar-refractivity contribution is 0.0949. The van der Waals surface area contributed by atoms with E-state index in [-0.39, 0.29) is 28.9 Å². The number of alkyl halides is 1. The van der Waals surface area contributed by atoms with Gasteiger partial charge in [-0.05, 0) is 37.8 Å². The van der Waals surface area contributed by atoms with Crippen molar-refractivity contribution < 1.29 is 14.3 Å². The van der Waals surface area contributed by atoms with Crippen LogP contribution in [0, 0.1) is 0 Å². The smallest absolute Gasteiger partial charge is 0.274 e. The quantitative estimate of drug-likeness (QED) is 0.448. The Kier molecular flexibility index (Phi) is 5.49. The summed E-state index contributed by atoms with van der Waals surface area (Å²) in [5, 5.41) is 22.7. The molecule has 0 bridgehead atoms. The van der Waals surface area contributed by atoms with Crippen molar-refractivity contribution in [1.82, 2.24) is 24.5 Å². The predicted octanol–water partition coefficient (Wildman–Crippen LogP) is 1.99. The van der Waals surface area contributed by atoms with Gasteiger partial charge in [0, 0.05) is 31.8 Å². The number of hydrogen-bond acceptors (Lipinski definition) is 7. The van der Waals surface area contributed by atoms with Gasteiger partial charge in [0.1, 0.15) is 29.1 Å². The number of halogens is 1. The number of carbonyl (C=O) groups excluding carboxylic acids is 1. The van der Waals surface area contributed by atoms with Gasteiger partial charge in [-0.1, -0.05) is 0 Å². The summed E-state index contributed by atoms with van der Waals surface area (Å²) in [6.07, 6.45) is 5.00. The lowest BCUT2D eigenvalue weighted by atomic mass is 9.93. The van der Waals surface area contributed by atoms with Crippen LogP contribution in [-0.4, -0.2) is 55.5 Å². The van der Waals surface area contributed by atoms with E-state index in [4.69, 9.17) is 0 Å². The van der Waals surface area contributed by atoms with Gasteiger partial charge in [-0.15, -0.1) is 0 Å². The van der Waals surface area contributed by atoms with Crippen molar-refractivity contribution in [3.05, 3.63) is 46.5 Å². The van der Waals surface area contributed by atoms with Crippen molar-refractivity contribution in [1.29, 1.82) is 0 Å². The van der Waals surface area contributed by atoms with Crippen molar-refractivity contribution in [2.24, 2.45) is 0 Å². The van der Waals surface area contributed by atoms with Gasteiger partial charge in [0.05, 0.1) is 18.3 Å². The maximum absolute atomic E-state index is 13.2. The number of aliphatic hydroxyl groups is 1. The molecule has 2 aliphatic rings. The number of pyridine rings is 1. The Balaban J connectivity index is 1.45. The summed E-state index contributed by atoms with van der Waals surface area (Å²) >= 11 is 0. The topological polar surface area (TPSA) is 126 Å². The number of hydrogen-bond donors (Lipinski definition) is 4. The van der Waals surface area contributed by atoms with Crippen LogP contribution in [0.2, 0.25) is 0 Å². The molecule has 5 rings (SSSR count). The van der Waals surface area contributed by atoms with Crippen LogP contribution in [0.1, 0.15) is 48.5 Å². The van der Waals surface area contributed by atoms with Crippen molar-refractivity contribution in [2.45, 2.75) is 56.5 Å². The van der Waals surface area contributed by atoms with E-state index in [9.17, 15) is 19.1 Å². The van der Waals surface area contributed by atoms with Crippen LogP contribution in [0.5, 0.6) is 0 Å². The number of aromatic nitrogens is 4. The first-order valence-corrected chi connectivity index (χ1v) is 11.1. The fourth-order valence-corrected chi connectivity index (χ4v) is 4.29. The summed E-state index contributed by atoms with van der Waals surface area (Å²) in [5.74, 6) is 0.488. The van der Waals surface area contributed by atoms with Crippen molar-refractivity contribution in [3.8, 4) is 0 Å². The summed E-state index contributed by atoms with van der Waals surface area (Å²) in [6.45, 7) is 0. The minimum Gasteiger partial charge on any atom is -0.393 e. The maximum Gasteiger partial charge on any atom is 0.274 e. The third-order valence-corrected chi connectivity index (χ3v) is 6.30. The van der Waals surface area contributed by atoms with Crippen LogP contribution in [0.3, 0.4) is 0 Å². The van der Waals surface area contributed by atoms with Gasteiger partial charge in [0.25, 0.3) is 11.5 Å². The Labute approximate surface area is 188 Å². The molecule has 1 amide bonds. The average Bonchev–Trinajstić information content (AvgIpc) is 3.32. The number of anilines is 3. The number of fused-ring (bicyclic) bond motifs is 1. The SMILES string of the molecule is CNc1cc(Nc2cccn(C3CCC(O)CC3)c2=O)nc2c(C(=O)N[C@@H]3C[C@@H]3F)cnn12. The number of aliphatic hydroxyl groups excluding tert-OH is 1. The first-order valence-electron chi connectivity index (χ1n) is 11.1. The molecule has 0 saturated heterocycles. The molecule has 2 fully saturated rings. The lowest BCUT2D eigenvalue weighted by Crippen LogP contribution is -2.30. The largest absolute Gasteiger partial charge is 0.393 e. The molecule has 4 N–H and O–H groups in total. The van der Waals surface area contributed by atoms with Gasteiger partial charge in [0.15, 0.2) is 5.65 Å². The second-order valence-corrected chi connectivity index (χ2v) is 8.62. The molecular formula is C22H26FN7O3. The van der Waals surface area contributed by atoms with Crippen LogP contribution in [-0.2, 0) is 0 Å². The number of nitrogens with zero attached hydrogens (tertiary/aromatic N) is 4. The number of amides is 1. The molecule has 10 nitrogen and oxygen atoms in total.